The summed E-state index contributed by atoms with van der Waals surface area (Å²) in [5, 5.41) is 11.7. The van der Waals surface area contributed by atoms with Crippen LogP contribution < -0.4 is 5.32 Å². The normalized spacial score (nSPS) is 22.0. The number of rotatable bonds is 4. The maximum atomic E-state index is 11.7. The molecule has 0 aromatic carbocycles. The lowest BCUT2D eigenvalue weighted by atomic mass is 9.99. The summed E-state index contributed by atoms with van der Waals surface area (Å²) in [6, 6.07) is -0.883. The summed E-state index contributed by atoms with van der Waals surface area (Å²) in [5.74, 6) is -1.07. The molecule has 0 radical (unpaired) electrons. The Hall–Kier alpha value is -1.30. The number of likely N-dealkylation sites (tertiary alicyclic amines) is 1. The van der Waals surface area contributed by atoms with Crippen molar-refractivity contribution in [3.8, 4) is 0 Å². The molecule has 2 N–H and O–H groups in total. The molecule has 6 nitrogen and oxygen atoms in total. The van der Waals surface area contributed by atoms with Gasteiger partial charge < -0.3 is 20.1 Å². The van der Waals surface area contributed by atoms with Gasteiger partial charge in [-0.3, -0.25) is 0 Å². The Balaban J connectivity index is 2.59. The van der Waals surface area contributed by atoms with E-state index in [0.717, 1.165) is 19.5 Å². The average molecular weight is 272 g/mol. The van der Waals surface area contributed by atoms with E-state index in [0.29, 0.717) is 6.54 Å². The van der Waals surface area contributed by atoms with E-state index in [1.165, 1.54) is 0 Å². The van der Waals surface area contributed by atoms with E-state index in [9.17, 15) is 14.7 Å². The van der Waals surface area contributed by atoms with Crippen LogP contribution in [0.2, 0.25) is 0 Å². The topological polar surface area (TPSA) is 78.9 Å². The highest BCUT2D eigenvalue weighted by Crippen LogP contribution is 2.20. The van der Waals surface area contributed by atoms with Crippen LogP contribution >= 0.6 is 0 Å². The molecule has 0 aromatic rings. The molecule has 0 aromatic heterocycles. The molecule has 1 amide bonds. The second-order valence-corrected chi connectivity index (χ2v) is 5.90. The van der Waals surface area contributed by atoms with Gasteiger partial charge in [0.1, 0.15) is 11.6 Å². The number of nitrogens with zero attached hydrogens (tertiary/aromatic N) is 1. The van der Waals surface area contributed by atoms with Crippen LogP contribution in [0.4, 0.5) is 4.79 Å². The van der Waals surface area contributed by atoms with Gasteiger partial charge in [0.2, 0.25) is 0 Å². The second-order valence-electron chi connectivity index (χ2n) is 5.90. The largest absolute Gasteiger partial charge is 0.480 e. The van der Waals surface area contributed by atoms with Crippen LogP contribution in [-0.4, -0.2) is 53.3 Å². The predicted molar refractivity (Wildman–Crippen MR) is 71.0 cm³/mol. The van der Waals surface area contributed by atoms with Gasteiger partial charge in [-0.1, -0.05) is 6.92 Å². The highest BCUT2D eigenvalue weighted by Gasteiger charge is 2.35. The highest BCUT2D eigenvalue weighted by molar-refractivity contribution is 5.80. The first kappa shape index (κ1) is 15.8. The fraction of sp³-hybridized carbons (Fsp3) is 0.846. The molecule has 0 aliphatic carbocycles. The Labute approximate surface area is 114 Å². The van der Waals surface area contributed by atoms with Gasteiger partial charge >= 0.3 is 12.1 Å². The molecule has 1 fully saturated rings. The number of aliphatic carboxylic acids is 1. The van der Waals surface area contributed by atoms with E-state index >= 15 is 0 Å². The maximum absolute atomic E-state index is 11.7. The maximum Gasteiger partial charge on any atom is 0.408 e. The number of amides is 1. The molecule has 1 aliphatic rings. The zero-order valence-corrected chi connectivity index (χ0v) is 12.1. The second kappa shape index (κ2) is 6.23. The van der Waals surface area contributed by atoms with Crippen molar-refractivity contribution in [1.29, 1.82) is 0 Å². The van der Waals surface area contributed by atoms with E-state index in [-0.39, 0.29) is 5.92 Å². The summed E-state index contributed by atoms with van der Waals surface area (Å²) in [5.41, 5.74) is -0.627. The fourth-order valence-electron chi connectivity index (χ4n) is 2.24. The highest BCUT2D eigenvalue weighted by atomic mass is 16.6. The zero-order chi connectivity index (χ0) is 14.6. The molecule has 0 spiro atoms. The first-order valence-electron chi connectivity index (χ1n) is 6.67. The van der Waals surface area contributed by atoms with Crippen molar-refractivity contribution in [3.63, 3.8) is 0 Å². The third kappa shape index (κ3) is 5.06. The molecule has 110 valence electrons. The number of carbonyl (C=O) groups excluding carboxylic acids is 1. The van der Waals surface area contributed by atoms with Gasteiger partial charge in [0.05, 0.1) is 0 Å². The van der Waals surface area contributed by atoms with E-state index < -0.39 is 23.7 Å². The van der Waals surface area contributed by atoms with Crippen LogP contribution in [0.15, 0.2) is 0 Å². The molecule has 6 heteroatoms. The standard InChI is InChI=1S/C13H24N2O4/c1-5-15-7-6-9(8-15)10(11(16)17)14-12(18)19-13(2,3)4/h9-10H,5-8H2,1-4H3,(H,14,18)(H,16,17). The first-order chi connectivity index (χ1) is 8.73. The van der Waals surface area contributed by atoms with E-state index in [1.54, 1.807) is 20.8 Å². The van der Waals surface area contributed by atoms with Crippen LogP contribution in [0.5, 0.6) is 0 Å². The molecule has 2 unspecified atom stereocenters. The van der Waals surface area contributed by atoms with Crippen molar-refractivity contribution < 1.29 is 19.4 Å². The number of hydrogen-bond acceptors (Lipinski definition) is 4. The molecular formula is C13H24N2O4. The lowest BCUT2D eigenvalue weighted by Crippen LogP contribution is -2.48. The van der Waals surface area contributed by atoms with Crippen LogP contribution in [0, 0.1) is 5.92 Å². The van der Waals surface area contributed by atoms with Gasteiger partial charge in [-0.2, -0.15) is 0 Å². The summed E-state index contributed by atoms with van der Waals surface area (Å²) in [6.45, 7) is 9.75. The van der Waals surface area contributed by atoms with Crippen LogP contribution in [-0.2, 0) is 9.53 Å². The van der Waals surface area contributed by atoms with Crippen molar-refractivity contribution in [2.45, 2.75) is 45.8 Å². The molecule has 1 aliphatic heterocycles. The monoisotopic (exact) mass is 272 g/mol. The quantitative estimate of drug-likeness (QED) is 0.806. The van der Waals surface area contributed by atoms with Crippen molar-refractivity contribution >= 4 is 12.1 Å². The number of carbonyl (C=O) groups is 2. The Bertz CT molecular complexity index is 338. The molecule has 1 heterocycles. The van der Waals surface area contributed by atoms with Crippen LogP contribution in [0.1, 0.15) is 34.1 Å². The number of nitrogens with one attached hydrogen (secondary N) is 1. The first-order valence-corrected chi connectivity index (χ1v) is 6.67. The molecule has 1 rings (SSSR count). The Morgan fingerprint density at radius 3 is 2.53 bits per heavy atom. The third-order valence-corrected chi connectivity index (χ3v) is 3.17. The van der Waals surface area contributed by atoms with Crippen molar-refractivity contribution in [2.75, 3.05) is 19.6 Å². The van der Waals surface area contributed by atoms with E-state index in [1.807, 2.05) is 6.92 Å². The van der Waals surface area contributed by atoms with Gasteiger partial charge in [0, 0.05) is 12.5 Å². The van der Waals surface area contributed by atoms with Crippen molar-refractivity contribution in [2.24, 2.45) is 5.92 Å². The minimum Gasteiger partial charge on any atom is -0.480 e. The Morgan fingerprint density at radius 2 is 2.11 bits per heavy atom. The smallest absolute Gasteiger partial charge is 0.408 e. The summed E-state index contributed by atoms with van der Waals surface area (Å²) < 4.78 is 5.10. The van der Waals surface area contributed by atoms with Gasteiger partial charge in [0.25, 0.3) is 0 Å². The minimum absolute atomic E-state index is 0.0648. The third-order valence-electron chi connectivity index (χ3n) is 3.17. The molecule has 1 saturated heterocycles. The lowest BCUT2D eigenvalue weighted by Gasteiger charge is -2.24. The van der Waals surface area contributed by atoms with Gasteiger partial charge in [-0.25, -0.2) is 9.59 Å². The van der Waals surface area contributed by atoms with E-state index in [4.69, 9.17) is 4.74 Å². The molecule has 0 saturated carbocycles. The van der Waals surface area contributed by atoms with Crippen LogP contribution in [0.25, 0.3) is 0 Å². The lowest BCUT2D eigenvalue weighted by molar-refractivity contribution is -0.140. The molecular weight excluding hydrogens is 248 g/mol. The number of hydrogen-bond donors (Lipinski definition) is 2. The summed E-state index contributed by atoms with van der Waals surface area (Å²) >= 11 is 0. The molecule has 19 heavy (non-hydrogen) atoms. The summed E-state index contributed by atoms with van der Waals surface area (Å²) in [7, 11) is 0. The summed E-state index contributed by atoms with van der Waals surface area (Å²) in [6.07, 6.45) is 0.107. The number of carboxylic acid groups (broad SMARTS) is 1. The summed E-state index contributed by atoms with van der Waals surface area (Å²) in [4.78, 5) is 25.1. The van der Waals surface area contributed by atoms with Crippen molar-refractivity contribution in [1.82, 2.24) is 10.2 Å². The average Bonchev–Trinajstić information content (AvgIpc) is 2.71. The number of ether oxygens (including phenoxy) is 1. The predicted octanol–water partition coefficient (Wildman–Crippen LogP) is 1.31. The van der Waals surface area contributed by atoms with Crippen molar-refractivity contribution in [3.05, 3.63) is 0 Å². The van der Waals surface area contributed by atoms with E-state index in [2.05, 4.69) is 10.2 Å². The van der Waals surface area contributed by atoms with Gasteiger partial charge in [-0.05, 0) is 40.3 Å². The van der Waals surface area contributed by atoms with Crippen LogP contribution in [0.3, 0.4) is 0 Å². The Morgan fingerprint density at radius 1 is 1.47 bits per heavy atom. The number of carboxylic acids is 1. The minimum atomic E-state index is -1.01. The molecule has 0 bridgehead atoms. The Kier molecular flexibility index (Phi) is 5.17. The van der Waals surface area contributed by atoms with Gasteiger partial charge in [-0.15, -0.1) is 0 Å². The fourth-order valence-corrected chi connectivity index (χ4v) is 2.24. The zero-order valence-electron chi connectivity index (χ0n) is 12.1. The number of alkyl carbamates (subject to hydrolysis) is 1. The SMILES string of the molecule is CCN1CCC(C(NC(=O)OC(C)(C)C)C(=O)O)C1. The molecule has 2 atom stereocenters. The van der Waals surface area contributed by atoms with Gasteiger partial charge in [0.15, 0.2) is 0 Å².